The average Bonchev–Trinajstić information content (AvgIpc) is 2.75. The van der Waals surface area contributed by atoms with Crippen molar-refractivity contribution < 1.29 is 14.4 Å². The molecule has 0 bridgehead atoms. The summed E-state index contributed by atoms with van der Waals surface area (Å²) in [5, 5.41) is 15.6. The lowest BCUT2D eigenvalue weighted by atomic mass is 10.2. The molecule has 0 atom stereocenters. The molecule has 2 N–H and O–H groups in total. The molecule has 0 saturated carbocycles. The number of carboxylic acid groups (broad SMARTS) is 1. The molecule has 0 spiro atoms. The second-order valence-corrected chi connectivity index (χ2v) is 3.64. The number of carbonyl (C=O) groups is 1. The summed E-state index contributed by atoms with van der Waals surface area (Å²) in [5.74, 6) is 0.0882. The molecular weight excluding hydrogens is 236 g/mol. The van der Waals surface area contributed by atoms with Gasteiger partial charge in [0.05, 0.1) is 5.69 Å². The summed E-state index contributed by atoms with van der Waals surface area (Å²) in [4.78, 5) is 18.8. The van der Waals surface area contributed by atoms with Crippen molar-refractivity contribution in [2.24, 2.45) is 0 Å². The van der Waals surface area contributed by atoms with Crippen molar-refractivity contribution in [3.8, 4) is 0 Å². The monoisotopic (exact) mass is 248 g/mol. The molecule has 0 aliphatic carbocycles. The SMILES string of the molecule is Cc1noc(CCNc2ccncc2C(=O)O)n1. The summed E-state index contributed by atoms with van der Waals surface area (Å²) in [7, 11) is 0. The Kier molecular flexibility index (Phi) is 3.52. The number of hydrogen-bond donors (Lipinski definition) is 2. The first-order valence-corrected chi connectivity index (χ1v) is 5.37. The third-order valence-electron chi connectivity index (χ3n) is 2.28. The van der Waals surface area contributed by atoms with E-state index in [1.54, 1.807) is 13.0 Å². The Bertz CT molecular complexity index is 553. The normalized spacial score (nSPS) is 10.3. The molecule has 0 saturated heterocycles. The van der Waals surface area contributed by atoms with Crippen LogP contribution in [0.25, 0.3) is 0 Å². The maximum absolute atomic E-state index is 10.9. The number of aryl methyl sites for hydroxylation is 1. The zero-order valence-corrected chi connectivity index (χ0v) is 9.75. The van der Waals surface area contributed by atoms with Gasteiger partial charge < -0.3 is 14.9 Å². The van der Waals surface area contributed by atoms with Gasteiger partial charge in [0, 0.05) is 25.4 Å². The number of anilines is 1. The predicted molar refractivity (Wildman–Crippen MR) is 62.4 cm³/mol. The van der Waals surface area contributed by atoms with E-state index in [0.717, 1.165) is 0 Å². The van der Waals surface area contributed by atoms with Crippen LogP contribution in [0.1, 0.15) is 22.1 Å². The second-order valence-electron chi connectivity index (χ2n) is 3.64. The topological polar surface area (TPSA) is 101 Å². The Labute approximate surface area is 103 Å². The molecule has 2 aromatic rings. The van der Waals surface area contributed by atoms with Gasteiger partial charge in [0.25, 0.3) is 0 Å². The Hall–Kier alpha value is -2.44. The number of aromatic nitrogens is 3. The minimum Gasteiger partial charge on any atom is -0.478 e. The Morgan fingerprint density at radius 3 is 3.06 bits per heavy atom. The minimum absolute atomic E-state index is 0.138. The number of hydrogen-bond acceptors (Lipinski definition) is 6. The van der Waals surface area contributed by atoms with Crippen LogP contribution in [0.15, 0.2) is 23.0 Å². The molecule has 0 amide bonds. The summed E-state index contributed by atoms with van der Waals surface area (Å²) in [6, 6.07) is 1.61. The zero-order chi connectivity index (χ0) is 13.0. The van der Waals surface area contributed by atoms with Crippen LogP contribution < -0.4 is 5.32 Å². The fraction of sp³-hybridized carbons (Fsp3) is 0.273. The second kappa shape index (κ2) is 5.26. The van der Waals surface area contributed by atoms with E-state index in [-0.39, 0.29) is 5.56 Å². The van der Waals surface area contributed by atoms with Gasteiger partial charge in [0.1, 0.15) is 5.56 Å². The predicted octanol–water partition coefficient (Wildman–Crippen LogP) is 1.13. The van der Waals surface area contributed by atoms with Crippen molar-refractivity contribution >= 4 is 11.7 Å². The molecule has 7 nitrogen and oxygen atoms in total. The van der Waals surface area contributed by atoms with Crippen LogP contribution in [0.2, 0.25) is 0 Å². The first-order chi connectivity index (χ1) is 8.66. The number of aromatic carboxylic acids is 1. The number of nitrogens with zero attached hydrogens (tertiary/aromatic N) is 3. The highest BCUT2D eigenvalue weighted by Gasteiger charge is 2.09. The average molecular weight is 248 g/mol. The fourth-order valence-electron chi connectivity index (χ4n) is 1.46. The molecular formula is C11H12N4O3. The number of rotatable bonds is 5. The summed E-state index contributed by atoms with van der Waals surface area (Å²) in [5.41, 5.74) is 0.660. The van der Waals surface area contributed by atoms with E-state index in [9.17, 15) is 4.79 Å². The molecule has 0 aromatic carbocycles. The molecule has 2 heterocycles. The Morgan fingerprint density at radius 2 is 2.39 bits per heavy atom. The van der Waals surface area contributed by atoms with E-state index in [2.05, 4.69) is 20.4 Å². The maximum Gasteiger partial charge on any atom is 0.339 e. The zero-order valence-electron chi connectivity index (χ0n) is 9.75. The van der Waals surface area contributed by atoms with Gasteiger partial charge in [-0.25, -0.2) is 4.79 Å². The Morgan fingerprint density at radius 1 is 1.56 bits per heavy atom. The fourth-order valence-corrected chi connectivity index (χ4v) is 1.46. The first-order valence-electron chi connectivity index (χ1n) is 5.37. The van der Waals surface area contributed by atoms with Crippen molar-refractivity contribution in [2.45, 2.75) is 13.3 Å². The molecule has 94 valence electrons. The standard InChI is InChI=1S/C11H12N4O3/c1-7-14-10(18-15-7)3-5-13-9-2-4-12-6-8(9)11(16)17/h2,4,6H,3,5H2,1H3,(H,12,13)(H,16,17). The van der Waals surface area contributed by atoms with E-state index in [4.69, 9.17) is 9.63 Å². The van der Waals surface area contributed by atoms with Crippen molar-refractivity contribution in [3.63, 3.8) is 0 Å². The van der Waals surface area contributed by atoms with Gasteiger partial charge in [-0.1, -0.05) is 5.16 Å². The lowest BCUT2D eigenvalue weighted by Crippen LogP contribution is -2.10. The van der Waals surface area contributed by atoms with Gasteiger partial charge >= 0.3 is 5.97 Å². The lowest BCUT2D eigenvalue weighted by Gasteiger charge is -2.07. The molecule has 0 radical (unpaired) electrons. The highest BCUT2D eigenvalue weighted by molar-refractivity contribution is 5.93. The van der Waals surface area contributed by atoms with Gasteiger partial charge in [0.2, 0.25) is 5.89 Å². The van der Waals surface area contributed by atoms with E-state index in [1.165, 1.54) is 12.4 Å². The summed E-state index contributed by atoms with van der Waals surface area (Å²) in [6.45, 7) is 2.25. The Balaban J connectivity index is 1.96. The number of carboxylic acids is 1. The lowest BCUT2D eigenvalue weighted by molar-refractivity contribution is 0.0697. The van der Waals surface area contributed by atoms with Gasteiger partial charge in [-0.3, -0.25) is 4.98 Å². The van der Waals surface area contributed by atoms with Crippen LogP contribution in [0.5, 0.6) is 0 Å². The molecule has 18 heavy (non-hydrogen) atoms. The van der Waals surface area contributed by atoms with E-state index >= 15 is 0 Å². The van der Waals surface area contributed by atoms with Crippen LogP contribution in [0.3, 0.4) is 0 Å². The van der Waals surface area contributed by atoms with E-state index in [1.807, 2.05) is 0 Å². The molecule has 0 fully saturated rings. The van der Waals surface area contributed by atoms with Crippen LogP contribution >= 0.6 is 0 Å². The smallest absolute Gasteiger partial charge is 0.339 e. The third-order valence-corrected chi connectivity index (χ3v) is 2.28. The highest BCUT2D eigenvalue weighted by Crippen LogP contribution is 2.13. The largest absolute Gasteiger partial charge is 0.478 e. The quantitative estimate of drug-likeness (QED) is 0.817. The summed E-state index contributed by atoms with van der Waals surface area (Å²) in [6.07, 6.45) is 3.37. The summed E-state index contributed by atoms with van der Waals surface area (Å²) >= 11 is 0. The van der Waals surface area contributed by atoms with E-state index in [0.29, 0.717) is 30.4 Å². The van der Waals surface area contributed by atoms with Gasteiger partial charge in [-0.2, -0.15) is 4.98 Å². The molecule has 2 rings (SSSR count). The minimum atomic E-state index is -1.01. The third kappa shape index (κ3) is 2.82. The van der Waals surface area contributed by atoms with Crippen molar-refractivity contribution in [1.29, 1.82) is 0 Å². The van der Waals surface area contributed by atoms with Gasteiger partial charge in [0.15, 0.2) is 5.82 Å². The van der Waals surface area contributed by atoms with Crippen molar-refractivity contribution in [2.75, 3.05) is 11.9 Å². The highest BCUT2D eigenvalue weighted by atomic mass is 16.5. The van der Waals surface area contributed by atoms with Gasteiger partial charge in [-0.05, 0) is 13.0 Å². The van der Waals surface area contributed by atoms with Crippen LogP contribution in [-0.4, -0.2) is 32.7 Å². The summed E-state index contributed by atoms with van der Waals surface area (Å²) < 4.78 is 4.95. The molecule has 2 aromatic heterocycles. The van der Waals surface area contributed by atoms with Crippen molar-refractivity contribution in [3.05, 3.63) is 35.7 Å². The molecule has 7 heteroatoms. The van der Waals surface area contributed by atoms with Crippen LogP contribution in [0.4, 0.5) is 5.69 Å². The van der Waals surface area contributed by atoms with Crippen molar-refractivity contribution in [1.82, 2.24) is 15.1 Å². The first kappa shape index (κ1) is 12.0. The maximum atomic E-state index is 10.9. The molecule has 0 aliphatic heterocycles. The van der Waals surface area contributed by atoms with Crippen LogP contribution in [0, 0.1) is 6.92 Å². The number of pyridine rings is 1. The molecule has 0 aliphatic rings. The van der Waals surface area contributed by atoms with Gasteiger partial charge in [-0.15, -0.1) is 0 Å². The van der Waals surface area contributed by atoms with Crippen LogP contribution in [-0.2, 0) is 6.42 Å². The van der Waals surface area contributed by atoms with E-state index < -0.39 is 5.97 Å². The molecule has 0 unspecified atom stereocenters. The number of nitrogens with one attached hydrogen (secondary N) is 1.